The van der Waals surface area contributed by atoms with Crippen LogP contribution in [-0.4, -0.2) is 37.2 Å². The molecular weight excluding hydrogens is 486 g/mol. The van der Waals surface area contributed by atoms with Crippen LogP contribution in [0.3, 0.4) is 0 Å². The third-order valence-corrected chi connectivity index (χ3v) is 5.24. The van der Waals surface area contributed by atoms with Crippen molar-refractivity contribution in [3.8, 4) is 17.2 Å². The molecule has 0 radical (unpaired) electrons. The number of aryl methyl sites for hydroxylation is 1. The zero-order chi connectivity index (χ0) is 27.3. The van der Waals surface area contributed by atoms with E-state index in [1.807, 2.05) is 26.0 Å². The molecule has 9 heteroatoms. The van der Waals surface area contributed by atoms with Gasteiger partial charge < -0.3 is 19.5 Å². The van der Waals surface area contributed by atoms with E-state index in [0.29, 0.717) is 41.5 Å². The summed E-state index contributed by atoms with van der Waals surface area (Å²) in [7, 11) is 0. The Kier molecular flexibility index (Phi) is 10.4. The third-order valence-electron chi connectivity index (χ3n) is 5.24. The van der Waals surface area contributed by atoms with Crippen molar-refractivity contribution in [1.29, 1.82) is 0 Å². The third kappa shape index (κ3) is 8.19. The Bertz CT molecular complexity index is 1270. The number of nitrogens with one attached hydrogen (secondary N) is 2. The first kappa shape index (κ1) is 27.9. The highest BCUT2D eigenvalue weighted by Crippen LogP contribution is 2.29. The van der Waals surface area contributed by atoms with Crippen LogP contribution in [0.2, 0.25) is 0 Å². The Hall–Kier alpha value is -4.66. The second-order valence-electron chi connectivity index (χ2n) is 8.11. The zero-order valence-electron chi connectivity index (χ0n) is 21.7. The van der Waals surface area contributed by atoms with Gasteiger partial charge in [0.15, 0.2) is 11.5 Å². The van der Waals surface area contributed by atoms with Gasteiger partial charge >= 0.3 is 17.8 Å². The smallest absolute Gasteiger partial charge is 0.343 e. The highest BCUT2D eigenvalue weighted by Gasteiger charge is 2.15. The van der Waals surface area contributed by atoms with Crippen LogP contribution < -0.4 is 25.0 Å². The number of amides is 2. The molecule has 3 rings (SSSR count). The number of benzene rings is 3. The summed E-state index contributed by atoms with van der Waals surface area (Å²) in [4.78, 5) is 36.8. The van der Waals surface area contributed by atoms with Crippen molar-refractivity contribution in [1.82, 2.24) is 5.43 Å². The van der Waals surface area contributed by atoms with Gasteiger partial charge in [-0.3, -0.25) is 9.59 Å². The molecular formula is C29H31N3O6. The minimum Gasteiger partial charge on any atom is -0.494 e. The predicted octanol–water partition coefficient (Wildman–Crippen LogP) is 4.74. The summed E-state index contributed by atoms with van der Waals surface area (Å²) in [6, 6.07) is 18.7. The highest BCUT2D eigenvalue weighted by molar-refractivity contribution is 6.39. The normalized spacial score (nSPS) is 10.6. The molecule has 0 aliphatic rings. The van der Waals surface area contributed by atoms with E-state index in [1.54, 1.807) is 61.5 Å². The lowest BCUT2D eigenvalue weighted by molar-refractivity contribution is -0.136. The van der Waals surface area contributed by atoms with Crippen LogP contribution in [0.1, 0.15) is 48.7 Å². The van der Waals surface area contributed by atoms with Crippen LogP contribution in [-0.2, 0) is 16.0 Å². The molecule has 2 amide bonds. The summed E-state index contributed by atoms with van der Waals surface area (Å²) in [6.07, 6.45) is 3.12. The summed E-state index contributed by atoms with van der Waals surface area (Å²) >= 11 is 0. The molecule has 0 fully saturated rings. The minimum atomic E-state index is -0.914. The van der Waals surface area contributed by atoms with Crippen LogP contribution in [0.5, 0.6) is 17.2 Å². The van der Waals surface area contributed by atoms with Gasteiger partial charge in [-0.15, -0.1) is 0 Å². The Balaban J connectivity index is 1.59. The van der Waals surface area contributed by atoms with Crippen LogP contribution >= 0.6 is 0 Å². The van der Waals surface area contributed by atoms with Crippen molar-refractivity contribution < 1.29 is 28.6 Å². The lowest BCUT2D eigenvalue weighted by Crippen LogP contribution is -2.32. The standard InChI is InChI=1S/C29H31N3O6/c1-4-17-37-24-14-10-22(11-15-24)29(35)38-25-16-9-21(18-26(25)36-6-3)19-30-32-28(34)27(33)31-23-12-7-20(5-2)8-13-23/h7-16,18-19H,4-6,17H2,1-3H3,(H,31,33)(H,32,34)/b30-19+. The van der Waals surface area contributed by atoms with Crippen molar-refractivity contribution in [3.05, 3.63) is 83.4 Å². The van der Waals surface area contributed by atoms with Gasteiger partial charge in [-0.2, -0.15) is 5.10 Å². The molecule has 0 aliphatic carbocycles. The highest BCUT2D eigenvalue weighted by atomic mass is 16.6. The fraction of sp³-hybridized carbons (Fsp3) is 0.241. The maximum atomic E-state index is 12.6. The Morgan fingerprint density at radius 1 is 0.842 bits per heavy atom. The van der Waals surface area contributed by atoms with E-state index in [4.69, 9.17) is 14.2 Å². The topological polar surface area (TPSA) is 115 Å². The van der Waals surface area contributed by atoms with E-state index in [1.165, 1.54) is 6.21 Å². The van der Waals surface area contributed by atoms with Crippen molar-refractivity contribution in [2.24, 2.45) is 5.10 Å². The van der Waals surface area contributed by atoms with Gasteiger partial charge in [-0.1, -0.05) is 26.0 Å². The first-order valence-electron chi connectivity index (χ1n) is 12.4. The molecule has 0 unspecified atom stereocenters. The van der Waals surface area contributed by atoms with Gasteiger partial charge in [-0.05, 0) is 85.5 Å². The molecule has 0 spiro atoms. The SMILES string of the molecule is CCCOc1ccc(C(=O)Oc2ccc(/C=N/NC(=O)C(=O)Nc3ccc(CC)cc3)cc2OCC)cc1. The van der Waals surface area contributed by atoms with Gasteiger partial charge in [0.05, 0.1) is 25.0 Å². The summed E-state index contributed by atoms with van der Waals surface area (Å²) in [5.74, 6) is -1.06. The maximum absolute atomic E-state index is 12.6. The van der Waals surface area contributed by atoms with Gasteiger partial charge in [0.25, 0.3) is 0 Å². The molecule has 0 saturated heterocycles. The molecule has 0 heterocycles. The van der Waals surface area contributed by atoms with E-state index in [-0.39, 0.29) is 5.75 Å². The number of carbonyl (C=O) groups excluding carboxylic acids is 3. The lowest BCUT2D eigenvalue weighted by Gasteiger charge is -2.12. The fourth-order valence-corrected chi connectivity index (χ4v) is 3.25. The van der Waals surface area contributed by atoms with Gasteiger partial charge in [-0.25, -0.2) is 10.2 Å². The van der Waals surface area contributed by atoms with Crippen molar-refractivity contribution in [2.45, 2.75) is 33.6 Å². The van der Waals surface area contributed by atoms with Gasteiger partial charge in [0.1, 0.15) is 5.75 Å². The number of ether oxygens (including phenoxy) is 3. The minimum absolute atomic E-state index is 0.234. The molecule has 0 aromatic heterocycles. The largest absolute Gasteiger partial charge is 0.494 e. The quantitative estimate of drug-likeness (QED) is 0.125. The molecule has 0 atom stereocenters. The van der Waals surface area contributed by atoms with Crippen molar-refractivity contribution >= 4 is 29.7 Å². The van der Waals surface area contributed by atoms with Gasteiger partial charge in [0.2, 0.25) is 0 Å². The molecule has 0 saturated carbocycles. The first-order chi connectivity index (χ1) is 18.4. The average molecular weight is 518 g/mol. The van der Waals surface area contributed by atoms with Crippen molar-refractivity contribution in [2.75, 3.05) is 18.5 Å². The number of hydrogen-bond donors (Lipinski definition) is 2. The number of nitrogens with zero attached hydrogens (tertiary/aromatic N) is 1. The number of esters is 1. The van der Waals surface area contributed by atoms with E-state index < -0.39 is 17.8 Å². The fourth-order valence-electron chi connectivity index (χ4n) is 3.25. The second kappa shape index (κ2) is 14.2. The Labute approximate surface area is 221 Å². The second-order valence-corrected chi connectivity index (χ2v) is 8.11. The number of carbonyl (C=O) groups is 3. The summed E-state index contributed by atoms with van der Waals surface area (Å²) in [6.45, 7) is 6.78. The van der Waals surface area contributed by atoms with Gasteiger partial charge in [0, 0.05) is 5.69 Å². The Morgan fingerprint density at radius 3 is 2.24 bits per heavy atom. The van der Waals surface area contributed by atoms with E-state index in [0.717, 1.165) is 18.4 Å². The summed E-state index contributed by atoms with van der Waals surface area (Å²) in [5.41, 5.74) is 4.75. The molecule has 38 heavy (non-hydrogen) atoms. The van der Waals surface area contributed by atoms with E-state index in [2.05, 4.69) is 15.8 Å². The summed E-state index contributed by atoms with van der Waals surface area (Å²) in [5, 5.41) is 6.36. The average Bonchev–Trinajstić information content (AvgIpc) is 2.94. The first-order valence-corrected chi connectivity index (χ1v) is 12.4. The molecule has 198 valence electrons. The van der Waals surface area contributed by atoms with E-state index in [9.17, 15) is 14.4 Å². The number of hydrazone groups is 1. The number of hydrogen-bond acceptors (Lipinski definition) is 7. The molecule has 3 aromatic rings. The van der Waals surface area contributed by atoms with E-state index >= 15 is 0 Å². The number of anilines is 1. The zero-order valence-corrected chi connectivity index (χ0v) is 21.7. The van der Waals surface area contributed by atoms with Crippen LogP contribution in [0.4, 0.5) is 5.69 Å². The Morgan fingerprint density at radius 2 is 1.58 bits per heavy atom. The van der Waals surface area contributed by atoms with Crippen LogP contribution in [0, 0.1) is 0 Å². The molecule has 2 N–H and O–H groups in total. The van der Waals surface area contributed by atoms with Crippen LogP contribution in [0.25, 0.3) is 0 Å². The maximum Gasteiger partial charge on any atom is 0.343 e. The summed E-state index contributed by atoms with van der Waals surface area (Å²) < 4.78 is 16.7. The molecule has 9 nitrogen and oxygen atoms in total. The lowest BCUT2D eigenvalue weighted by atomic mass is 10.1. The molecule has 3 aromatic carbocycles. The van der Waals surface area contributed by atoms with Crippen LogP contribution in [0.15, 0.2) is 71.8 Å². The van der Waals surface area contributed by atoms with Crippen molar-refractivity contribution in [3.63, 3.8) is 0 Å². The molecule has 0 aliphatic heterocycles. The monoisotopic (exact) mass is 517 g/mol. The predicted molar refractivity (Wildman–Crippen MR) is 145 cm³/mol. The number of rotatable bonds is 11. The molecule has 0 bridgehead atoms.